The summed E-state index contributed by atoms with van der Waals surface area (Å²) < 4.78 is 0. The molecular weight excluding hydrogens is 246 g/mol. The van der Waals surface area contributed by atoms with Crippen LogP contribution >= 0.6 is 21.6 Å². The van der Waals surface area contributed by atoms with Crippen LogP contribution in [0.25, 0.3) is 0 Å². The molecule has 0 aliphatic heterocycles. The summed E-state index contributed by atoms with van der Waals surface area (Å²) in [6.45, 7) is 1.52. The fourth-order valence-corrected chi connectivity index (χ4v) is 2.42. The van der Waals surface area contributed by atoms with Gasteiger partial charge in [0.05, 0.1) is 0 Å². The molecule has 0 aliphatic carbocycles. The number of carbonyl (C=O) groups is 2. The molecular formula is C10H19NO3S2. The third-order valence-corrected chi connectivity index (χ3v) is 4.22. The van der Waals surface area contributed by atoms with Gasteiger partial charge in [0.1, 0.15) is 6.04 Å². The topological polar surface area (TPSA) is 57.6 Å². The van der Waals surface area contributed by atoms with Crippen molar-refractivity contribution in [3.63, 3.8) is 0 Å². The Morgan fingerprint density at radius 2 is 2.00 bits per heavy atom. The van der Waals surface area contributed by atoms with Crippen molar-refractivity contribution in [1.29, 1.82) is 0 Å². The zero-order valence-electron chi connectivity index (χ0n) is 9.93. The van der Waals surface area contributed by atoms with Gasteiger partial charge < -0.3 is 10.0 Å². The minimum Gasteiger partial charge on any atom is -0.480 e. The molecule has 0 spiro atoms. The quantitative estimate of drug-likeness (QED) is 0.538. The molecule has 0 aromatic heterocycles. The molecule has 0 aromatic carbocycles. The van der Waals surface area contributed by atoms with Crippen LogP contribution in [0.3, 0.4) is 0 Å². The lowest BCUT2D eigenvalue weighted by molar-refractivity contribution is -0.148. The van der Waals surface area contributed by atoms with Gasteiger partial charge in [-0.15, -0.1) is 0 Å². The highest BCUT2D eigenvalue weighted by atomic mass is 33.1. The van der Waals surface area contributed by atoms with E-state index in [-0.39, 0.29) is 5.91 Å². The Kier molecular flexibility index (Phi) is 8.56. The molecule has 0 saturated heterocycles. The van der Waals surface area contributed by atoms with E-state index in [1.54, 1.807) is 21.6 Å². The van der Waals surface area contributed by atoms with Crippen LogP contribution in [-0.2, 0) is 9.59 Å². The fourth-order valence-electron chi connectivity index (χ4n) is 1.08. The number of aliphatic carboxylic acids is 1. The highest BCUT2D eigenvalue weighted by molar-refractivity contribution is 8.76. The molecule has 0 aliphatic rings. The first kappa shape index (κ1) is 15.6. The molecule has 6 heteroatoms. The number of likely N-dealkylation sites (N-methyl/N-ethyl adjacent to an activating group) is 1. The number of amides is 1. The number of unbranched alkanes of at least 4 members (excludes halogenated alkanes) is 1. The zero-order valence-corrected chi connectivity index (χ0v) is 11.6. The average Bonchev–Trinajstić information content (AvgIpc) is 2.26. The highest BCUT2D eigenvalue weighted by Crippen LogP contribution is 2.18. The smallest absolute Gasteiger partial charge is 0.326 e. The van der Waals surface area contributed by atoms with Gasteiger partial charge in [-0.1, -0.05) is 21.6 Å². The van der Waals surface area contributed by atoms with Crippen molar-refractivity contribution in [1.82, 2.24) is 4.90 Å². The second-order valence-corrected chi connectivity index (χ2v) is 6.15. The van der Waals surface area contributed by atoms with Crippen molar-refractivity contribution in [2.24, 2.45) is 0 Å². The van der Waals surface area contributed by atoms with Gasteiger partial charge in [0.15, 0.2) is 0 Å². The minimum atomic E-state index is -0.964. The molecule has 0 aromatic rings. The molecule has 0 radical (unpaired) electrons. The van der Waals surface area contributed by atoms with E-state index in [0.29, 0.717) is 6.42 Å². The predicted molar refractivity (Wildman–Crippen MR) is 69.7 cm³/mol. The van der Waals surface area contributed by atoms with Crippen LogP contribution in [0, 0.1) is 0 Å². The van der Waals surface area contributed by atoms with Gasteiger partial charge in [-0.3, -0.25) is 4.79 Å². The van der Waals surface area contributed by atoms with Gasteiger partial charge in [-0.25, -0.2) is 4.79 Å². The molecule has 0 rings (SSSR count). The van der Waals surface area contributed by atoms with Crippen LogP contribution in [0.1, 0.15) is 26.2 Å². The molecule has 1 N–H and O–H groups in total. The first-order valence-corrected chi connectivity index (χ1v) is 7.87. The Morgan fingerprint density at radius 3 is 2.50 bits per heavy atom. The number of hydrogen-bond donors (Lipinski definition) is 1. The number of hydrogen-bond acceptors (Lipinski definition) is 4. The van der Waals surface area contributed by atoms with Crippen molar-refractivity contribution in [3.8, 4) is 0 Å². The molecule has 0 fully saturated rings. The number of carboxylic acids is 1. The van der Waals surface area contributed by atoms with Gasteiger partial charge in [0, 0.05) is 19.2 Å². The Morgan fingerprint density at radius 1 is 1.38 bits per heavy atom. The third kappa shape index (κ3) is 6.27. The normalized spacial score (nSPS) is 12.2. The Bertz CT molecular complexity index is 236. The van der Waals surface area contributed by atoms with Crippen LogP contribution < -0.4 is 0 Å². The zero-order chi connectivity index (χ0) is 12.6. The van der Waals surface area contributed by atoms with Crippen molar-refractivity contribution in [2.45, 2.75) is 32.2 Å². The Labute approximate surface area is 105 Å². The summed E-state index contributed by atoms with van der Waals surface area (Å²) in [5.74, 6) is -0.0232. The van der Waals surface area contributed by atoms with Crippen LogP contribution in [-0.4, -0.2) is 47.0 Å². The predicted octanol–water partition coefficient (Wildman–Crippen LogP) is 2.10. The summed E-state index contributed by atoms with van der Waals surface area (Å²) in [4.78, 5) is 23.5. The standard InChI is InChI=1S/C10H19NO3S2/c1-8(10(13)14)11(2)9(12)6-4-5-7-16-15-3/h8H,4-7H2,1-3H3,(H,13,14). The highest BCUT2D eigenvalue weighted by Gasteiger charge is 2.20. The molecule has 0 saturated carbocycles. The van der Waals surface area contributed by atoms with Gasteiger partial charge in [0.25, 0.3) is 0 Å². The van der Waals surface area contributed by atoms with Crippen LogP contribution in [0.2, 0.25) is 0 Å². The van der Waals surface area contributed by atoms with Crippen LogP contribution in [0.5, 0.6) is 0 Å². The Balaban J connectivity index is 3.75. The fraction of sp³-hybridized carbons (Fsp3) is 0.800. The second-order valence-electron chi connectivity index (χ2n) is 3.46. The second kappa shape index (κ2) is 8.75. The van der Waals surface area contributed by atoms with Gasteiger partial charge in [-0.05, 0) is 26.0 Å². The summed E-state index contributed by atoms with van der Waals surface area (Å²) in [7, 11) is 5.04. The summed E-state index contributed by atoms with van der Waals surface area (Å²) in [5.41, 5.74) is 0. The molecule has 1 unspecified atom stereocenters. The summed E-state index contributed by atoms with van der Waals surface area (Å²) in [6, 6.07) is -0.743. The lowest BCUT2D eigenvalue weighted by atomic mass is 10.2. The lowest BCUT2D eigenvalue weighted by Gasteiger charge is -2.21. The number of carboxylic acid groups (broad SMARTS) is 1. The van der Waals surface area contributed by atoms with Crippen molar-refractivity contribution >= 4 is 33.5 Å². The van der Waals surface area contributed by atoms with E-state index in [2.05, 4.69) is 0 Å². The van der Waals surface area contributed by atoms with E-state index < -0.39 is 12.0 Å². The Hall–Kier alpha value is -0.360. The van der Waals surface area contributed by atoms with Crippen molar-refractivity contribution in [3.05, 3.63) is 0 Å². The summed E-state index contributed by atoms with van der Waals surface area (Å²) in [5, 5.41) is 8.74. The van der Waals surface area contributed by atoms with Gasteiger partial charge in [0.2, 0.25) is 5.91 Å². The molecule has 94 valence electrons. The van der Waals surface area contributed by atoms with Crippen molar-refractivity contribution in [2.75, 3.05) is 19.1 Å². The lowest BCUT2D eigenvalue weighted by Crippen LogP contribution is -2.40. The van der Waals surface area contributed by atoms with Crippen LogP contribution in [0.4, 0.5) is 0 Å². The molecule has 1 amide bonds. The van der Waals surface area contributed by atoms with E-state index in [1.165, 1.54) is 18.9 Å². The minimum absolute atomic E-state index is 0.0935. The SMILES string of the molecule is CSSCCCCC(=O)N(C)C(C)C(=O)O. The first-order valence-electron chi connectivity index (χ1n) is 5.14. The maximum atomic E-state index is 11.6. The number of nitrogens with zero attached hydrogens (tertiary/aromatic N) is 1. The van der Waals surface area contributed by atoms with E-state index in [0.717, 1.165) is 18.6 Å². The number of carbonyl (C=O) groups excluding carboxylic acids is 1. The van der Waals surface area contributed by atoms with E-state index >= 15 is 0 Å². The maximum absolute atomic E-state index is 11.6. The average molecular weight is 265 g/mol. The van der Waals surface area contributed by atoms with E-state index in [9.17, 15) is 9.59 Å². The van der Waals surface area contributed by atoms with Crippen molar-refractivity contribution < 1.29 is 14.7 Å². The third-order valence-electron chi connectivity index (χ3n) is 2.32. The summed E-state index contributed by atoms with van der Waals surface area (Å²) in [6.07, 6.45) is 4.27. The largest absolute Gasteiger partial charge is 0.480 e. The van der Waals surface area contributed by atoms with Crippen LogP contribution in [0.15, 0.2) is 0 Å². The molecule has 16 heavy (non-hydrogen) atoms. The number of rotatable bonds is 8. The monoisotopic (exact) mass is 265 g/mol. The van der Waals surface area contributed by atoms with Gasteiger partial charge in [-0.2, -0.15) is 0 Å². The van der Waals surface area contributed by atoms with Gasteiger partial charge >= 0.3 is 5.97 Å². The first-order chi connectivity index (χ1) is 7.50. The van der Waals surface area contributed by atoms with E-state index in [4.69, 9.17) is 5.11 Å². The molecule has 0 bridgehead atoms. The molecule has 0 heterocycles. The molecule has 1 atom stereocenters. The maximum Gasteiger partial charge on any atom is 0.326 e. The summed E-state index contributed by atoms with van der Waals surface area (Å²) >= 11 is 0. The van der Waals surface area contributed by atoms with E-state index in [1.807, 2.05) is 6.26 Å². The molecule has 4 nitrogen and oxygen atoms in total.